The van der Waals surface area contributed by atoms with Crippen LogP contribution in [0.2, 0.25) is 0 Å². The molecule has 13 heteroatoms. The molecule has 4 heterocycles. The minimum atomic E-state index is -0.980. The molecule has 11 rings (SSSR count). The van der Waals surface area contributed by atoms with E-state index in [9.17, 15) is 14.7 Å². The van der Waals surface area contributed by atoms with Crippen molar-refractivity contribution in [2.24, 2.45) is 5.41 Å². The molecule has 75 heavy (non-hydrogen) atoms. The summed E-state index contributed by atoms with van der Waals surface area (Å²) in [6.07, 6.45) is 3.44. The summed E-state index contributed by atoms with van der Waals surface area (Å²) in [5.74, 6) is 0.497. The fraction of sp³-hybridized carbons (Fsp3) is 0.323. The number of carboxylic acid groups (broad SMARTS) is 1. The van der Waals surface area contributed by atoms with Crippen LogP contribution >= 0.6 is 0 Å². The van der Waals surface area contributed by atoms with Gasteiger partial charge in [-0.05, 0) is 78.5 Å². The molecule has 1 amide bonds. The predicted molar refractivity (Wildman–Crippen MR) is 289 cm³/mol. The van der Waals surface area contributed by atoms with Crippen LogP contribution in [0, 0.1) is 18.2 Å². The lowest BCUT2D eigenvalue weighted by Crippen LogP contribution is -2.48. The molecule has 1 saturated carbocycles. The molecule has 1 unspecified atom stereocenters. The molecule has 2 saturated heterocycles. The summed E-state index contributed by atoms with van der Waals surface area (Å²) in [5.41, 5.74) is 7.29. The van der Waals surface area contributed by atoms with Gasteiger partial charge in [0.15, 0.2) is 11.5 Å². The summed E-state index contributed by atoms with van der Waals surface area (Å²) < 4.78 is 44.0. The quantitative estimate of drug-likeness (QED) is 0.0655. The van der Waals surface area contributed by atoms with E-state index in [0.29, 0.717) is 58.9 Å². The third-order valence-corrected chi connectivity index (χ3v) is 15.6. The van der Waals surface area contributed by atoms with E-state index >= 15 is 4.39 Å². The van der Waals surface area contributed by atoms with Crippen molar-refractivity contribution >= 4 is 39.4 Å². The second-order valence-corrected chi connectivity index (χ2v) is 21.1. The number of halogens is 1. The van der Waals surface area contributed by atoms with Crippen molar-refractivity contribution in [1.82, 2.24) is 19.7 Å². The van der Waals surface area contributed by atoms with Gasteiger partial charge in [-0.2, -0.15) is 5.10 Å². The highest BCUT2D eigenvalue weighted by atomic mass is 19.1. The van der Waals surface area contributed by atoms with Gasteiger partial charge in [-0.15, -0.1) is 0 Å². The number of pyridine rings is 1. The lowest BCUT2D eigenvalue weighted by Gasteiger charge is -2.36. The molecule has 1 aliphatic carbocycles. The number of hydrogen-bond donors (Lipinski definition) is 1. The highest BCUT2D eigenvalue weighted by Crippen LogP contribution is 2.55. The average Bonchev–Trinajstić information content (AvgIpc) is 3.87. The Hall–Kier alpha value is -7.61. The molecule has 2 aliphatic heterocycles. The summed E-state index contributed by atoms with van der Waals surface area (Å²) in [6.45, 7) is 8.97. The number of Topliss-reactive ketones (excluding diaryl/α,β-unsaturated/α-hetero) is 1. The van der Waals surface area contributed by atoms with E-state index < -0.39 is 22.9 Å². The number of ether oxygens (including phenoxy) is 4. The maximum atomic E-state index is 17.2. The molecule has 12 nitrogen and oxygen atoms in total. The number of benzene rings is 6. The van der Waals surface area contributed by atoms with Crippen LogP contribution < -0.4 is 14.4 Å². The van der Waals surface area contributed by atoms with E-state index in [-0.39, 0.29) is 49.7 Å². The van der Waals surface area contributed by atoms with Gasteiger partial charge in [-0.25, -0.2) is 14.2 Å². The van der Waals surface area contributed by atoms with E-state index in [4.69, 9.17) is 29.0 Å². The van der Waals surface area contributed by atoms with Crippen molar-refractivity contribution in [3.05, 3.63) is 184 Å². The van der Waals surface area contributed by atoms with E-state index in [0.717, 1.165) is 62.7 Å². The van der Waals surface area contributed by atoms with Crippen LogP contribution in [0.3, 0.4) is 0 Å². The van der Waals surface area contributed by atoms with Crippen LogP contribution in [0.4, 0.5) is 14.9 Å². The van der Waals surface area contributed by atoms with Crippen molar-refractivity contribution in [2.75, 3.05) is 45.4 Å². The zero-order valence-electron chi connectivity index (χ0n) is 43.3. The third-order valence-electron chi connectivity index (χ3n) is 15.6. The number of hydrogen-bond acceptors (Lipinski definition) is 9. The molecule has 6 aromatic carbocycles. The first-order chi connectivity index (χ1) is 36.3. The second kappa shape index (κ2) is 19.9. The Morgan fingerprint density at radius 1 is 0.800 bits per heavy atom. The molecule has 8 aromatic rings. The molecular weight excluding hydrogens is 946 g/mol. The lowest BCUT2D eigenvalue weighted by molar-refractivity contribution is 0.0631. The van der Waals surface area contributed by atoms with Gasteiger partial charge in [0.2, 0.25) is 5.88 Å². The molecule has 1 N–H and O–H groups in total. The third kappa shape index (κ3) is 8.95. The van der Waals surface area contributed by atoms with Gasteiger partial charge in [-0.3, -0.25) is 9.48 Å². The van der Waals surface area contributed by atoms with Gasteiger partial charge >= 0.3 is 6.09 Å². The van der Waals surface area contributed by atoms with Crippen molar-refractivity contribution < 1.29 is 38.0 Å². The van der Waals surface area contributed by atoms with Crippen molar-refractivity contribution in [3.63, 3.8) is 0 Å². The number of likely N-dealkylation sites (tertiary alicyclic amines) is 1. The second-order valence-electron chi connectivity index (χ2n) is 21.1. The van der Waals surface area contributed by atoms with Gasteiger partial charge in [0.25, 0.3) is 0 Å². The smallest absolute Gasteiger partial charge is 0.407 e. The van der Waals surface area contributed by atoms with Crippen LogP contribution in [0.25, 0.3) is 32.9 Å². The minimum absolute atomic E-state index is 0.0293. The van der Waals surface area contributed by atoms with Gasteiger partial charge in [0.05, 0.1) is 35.4 Å². The standard InChI is InChI=1S/C62H62FN5O7/c1-38(73-6)35-74-54-31-53(66-32-47-28-46(66)33-67(47)60(70)71)49-29-48(41-26-27-41)56(58(57(49)64-54)75-36-40-22-24-42(25-23-40)59(69)61(3,4)37-72-5)55-39(2)51(63)30-52-50(55)34-68(65-52)62(43-16-10-7-11-17-43,44-18-12-8-13-19-44)45-20-14-9-15-21-45/h7-25,29-31,34,38,41,46-47H,26-28,32-33,35-37H2,1-6H3,(H,70,71)/t38?,46-,47-/m0/s1. The zero-order chi connectivity index (χ0) is 52.2. The van der Waals surface area contributed by atoms with E-state index in [1.165, 1.54) is 6.07 Å². The van der Waals surface area contributed by atoms with Crippen LogP contribution in [0.5, 0.6) is 11.6 Å². The number of aromatic nitrogens is 3. The molecule has 384 valence electrons. The first-order valence-corrected chi connectivity index (χ1v) is 25.9. The normalized spacial score (nSPS) is 17.0. The summed E-state index contributed by atoms with van der Waals surface area (Å²) in [5, 5.41) is 17.1. The van der Waals surface area contributed by atoms with Gasteiger partial charge < -0.3 is 33.9 Å². The first kappa shape index (κ1) is 49.6. The maximum Gasteiger partial charge on any atom is 0.407 e. The predicted octanol–water partition coefficient (Wildman–Crippen LogP) is 12.2. The van der Waals surface area contributed by atoms with Crippen LogP contribution in [-0.4, -0.2) is 95.4 Å². The number of amides is 1. The van der Waals surface area contributed by atoms with E-state index in [1.807, 2.05) is 117 Å². The number of fused-ring (bicyclic) bond motifs is 4. The summed E-state index contributed by atoms with van der Waals surface area (Å²) in [7, 11) is 3.23. The Kier molecular flexibility index (Phi) is 13.2. The van der Waals surface area contributed by atoms with Crippen LogP contribution in [0.15, 0.2) is 140 Å². The number of anilines is 1. The molecule has 3 fully saturated rings. The average molecular weight is 1010 g/mol. The van der Waals surface area contributed by atoms with Gasteiger partial charge in [0.1, 0.15) is 30.1 Å². The van der Waals surface area contributed by atoms with Crippen molar-refractivity contribution in [3.8, 4) is 22.8 Å². The van der Waals surface area contributed by atoms with Crippen LogP contribution in [-0.2, 0) is 21.6 Å². The number of carbonyl (C=O) groups is 2. The number of rotatable bonds is 18. The topological polar surface area (TPSA) is 128 Å². The first-order valence-electron chi connectivity index (χ1n) is 25.9. The fourth-order valence-corrected chi connectivity index (χ4v) is 11.6. The Morgan fingerprint density at radius 3 is 2.00 bits per heavy atom. The maximum absolute atomic E-state index is 17.2. The molecule has 2 bridgehead atoms. The summed E-state index contributed by atoms with van der Waals surface area (Å²) in [6, 6.07) is 43.9. The number of nitrogens with zero attached hydrogens (tertiary/aromatic N) is 5. The Labute approximate surface area is 436 Å². The van der Waals surface area contributed by atoms with Crippen molar-refractivity contribution in [2.45, 2.75) is 83.2 Å². The SMILES string of the molecule is COCC(C)(C)C(=O)c1ccc(COc2c(-c3c(C)c(F)cc4nn(C(c5ccccc5)(c5ccccc5)c5ccccc5)cc34)c(C3CC3)cc3c(N4C[C@@H]5C[C@H]4CN5C(=O)O)cc(OCC(C)OC)nc23)cc1. The minimum Gasteiger partial charge on any atom is -0.486 e. The molecule has 3 aliphatic rings. The largest absolute Gasteiger partial charge is 0.486 e. The monoisotopic (exact) mass is 1010 g/mol. The summed E-state index contributed by atoms with van der Waals surface area (Å²) >= 11 is 0. The van der Waals surface area contributed by atoms with Crippen molar-refractivity contribution in [1.29, 1.82) is 0 Å². The highest BCUT2D eigenvalue weighted by Gasteiger charge is 2.47. The number of carbonyl (C=O) groups excluding carboxylic acids is 1. The van der Waals surface area contributed by atoms with Crippen LogP contribution in [0.1, 0.15) is 89.7 Å². The van der Waals surface area contributed by atoms with E-state index in [1.54, 1.807) is 19.1 Å². The molecule has 0 spiro atoms. The fourth-order valence-electron chi connectivity index (χ4n) is 11.6. The Bertz CT molecular complexity index is 3320. The van der Waals surface area contributed by atoms with Gasteiger partial charge in [0, 0.05) is 79.1 Å². The van der Waals surface area contributed by atoms with E-state index in [2.05, 4.69) is 53.6 Å². The molecule has 0 radical (unpaired) electrons. The number of piperazine rings is 1. The molecule has 3 atom stereocenters. The molecule has 2 aromatic heterocycles. The number of methoxy groups -OCH3 is 2. The Balaban J connectivity index is 1.17. The molecular formula is C62H62FN5O7. The highest BCUT2D eigenvalue weighted by molar-refractivity contribution is 6.07. The Morgan fingerprint density at radius 2 is 1.44 bits per heavy atom. The number of ketones is 1. The van der Waals surface area contributed by atoms with Gasteiger partial charge in [-0.1, -0.05) is 129 Å². The zero-order valence-corrected chi connectivity index (χ0v) is 43.3. The lowest BCUT2D eigenvalue weighted by atomic mass is 9.77. The summed E-state index contributed by atoms with van der Waals surface area (Å²) in [4.78, 5) is 35.1.